The van der Waals surface area contributed by atoms with Gasteiger partial charge in [0.1, 0.15) is 12.2 Å². The Labute approximate surface area is 106 Å². The molecule has 0 saturated carbocycles. The van der Waals surface area contributed by atoms with E-state index in [0.717, 1.165) is 5.56 Å². The second-order valence-corrected chi connectivity index (χ2v) is 4.37. The Morgan fingerprint density at radius 2 is 1.94 bits per heavy atom. The van der Waals surface area contributed by atoms with Gasteiger partial charge in [0.25, 0.3) is 0 Å². The zero-order valence-electron chi connectivity index (χ0n) is 9.98. The van der Waals surface area contributed by atoms with Crippen LogP contribution in [0.2, 0.25) is 0 Å². The molecule has 1 heterocycles. The molecule has 5 nitrogen and oxygen atoms in total. The molecule has 0 radical (unpaired) electrons. The molecule has 1 aromatic rings. The van der Waals surface area contributed by atoms with Crippen LogP contribution in [0.25, 0.3) is 0 Å². The van der Waals surface area contributed by atoms with Crippen molar-refractivity contribution in [1.29, 1.82) is 0 Å². The Morgan fingerprint density at radius 1 is 1.22 bits per heavy atom. The summed E-state index contributed by atoms with van der Waals surface area (Å²) in [7, 11) is 0. The van der Waals surface area contributed by atoms with E-state index >= 15 is 0 Å². The van der Waals surface area contributed by atoms with Crippen LogP contribution in [0.3, 0.4) is 0 Å². The predicted molar refractivity (Wildman–Crippen MR) is 63.6 cm³/mol. The summed E-state index contributed by atoms with van der Waals surface area (Å²) < 4.78 is 10.6. The van der Waals surface area contributed by atoms with E-state index in [1.165, 1.54) is 0 Å². The molecule has 3 N–H and O–H groups in total. The smallest absolute Gasteiger partial charge is 0.157 e. The quantitative estimate of drug-likeness (QED) is 0.706. The van der Waals surface area contributed by atoms with Gasteiger partial charge in [-0.1, -0.05) is 30.3 Å². The van der Waals surface area contributed by atoms with Gasteiger partial charge in [0.05, 0.1) is 19.3 Å². The fourth-order valence-corrected chi connectivity index (χ4v) is 2.01. The van der Waals surface area contributed by atoms with Gasteiger partial charge in [-0.05, 0) is 5.56 Å². The van der Waals surface area contributed by atoms with Crippen LogP contribution in [0.1, 0.15) is 12.0 Å². The van der Waals surface area contributed by atoms with E-state index in [9.17, 15) is 10.2 Å². The normalized spacial score (nSPS) is 32.4. The number of hydrogen-bond donors (Lipinski definition) is 3. The molecular formula is C13H18O5. The van der Waals surface area contributed by atoms with Crippen molar-refractivity contribution in [3.8, 4) is 0 Å². The van der Waals surface area contributed by atoms with Crippen LogP contribution in [0, 0.1) is 0 Å². The molecule has 0 amide bonds. The molecule has 1 unspecified atom stereocenters. The summed E-state index contributed by atoms with van der Waals surface area (Å²) in [6.07, 6.45) is -3.07. The average Bonchev–Trinajstić information content (AvgIpc) is 2.40. The molecule has 1 aliphatic rings. The lowest BCUT2D eigenvalue weighted by Crippen LogP contribution is -2.50. The topological polar surface area (TPSA) is 79.2 Å². The maximum atomic E-state index is 9.90. The molecule has 2 rings (SSSR count). The van der Waals surface area contributed by atoms with E-state index in [1.807, 2.05) is 30.3 Å². The number of ether oxygens (including phenoxy) is 2. The molecule has 5 heteroatoms. The van der Waals surface area contributed by atoms with Crippen molar-refractivity contribution in [1.82, 2.24) is 0 Å². The monoisotopic (exact) mass is 254 g/mol. The highest BCUT2D eigenvalue weighted by Gasteiger charge is 2.37. The third-order valence-corrected chi connectivity index (χ3v) is 3.01. The van der Waals surface area contributed by atoms with Gasteiger partial charge in [0.2, 0.25) is 0 Å². The fourth-order valence-electron chi connectivity index (χ4n) is 2.01. The van der Waals surface area contributed by atoms with Gasteiger partial charge < -0.3 is 24.8 Å². The molecule has 100 valence electrons. The molecule has 0 bridgehead atoms. The van der Waals surface area contributed by atoms with Crippen molar-refractivity contribution in [2.45, 2.75) is 37.6 Å². The Kier molecular flexibility index (Phi) is 4.68. The summed E-state index contributed by atoms with van der Waals surface area (Å²) >= 11 is 0. The van der Waals surface area contributed by atoms with E-state index in [-0.39, 0.29) is 13.0 Å². The maximum absolute atomic E-state index is 9.90. The first-order chi connectivity index (χ1) is 8.70. The Bertz CT molecular complexity index is 356. The lowest BCUT2D eigenvalue weighted by Gasteiger charge is -2.36. The van der Waals surface area contributed by atoms with Crippen LogP contribution in [0.5, 0.6) is 0 Å². The van der Waals surface area contributed by atoms with Crippen LogP contribution < -0.4 is 0 Å². The Hall–Kier alpha value is -0.980. The van der Waals surface area contributed by atoms with E-state index in [0.29, 0.717) is 6.61 Å². The third kappa shape index (κ3) is 3.28. The van der Waals surface area contributed by atoms with Crippen LogP contribution >= 0.6 is 0 Å². The summed E-state index contributed by atoms with van der Waals surface area (Å²) in [5.41, 5.74) is 0.992. The minimum Gasteiger partial charge on any atom is -0.394 e. The van der Waals surface area contributed by atoms with Crippen molar-refractivity contribution in [3.63, 3.8) is 0 Å². The minimum atomic E-state index is -1.01. The van der Waals surface area contributed by atoms with Gasteiger partial charge in [-0.25, -0.2) is 0 Å². The highest BCUT2D eigenvalue weighted by atomic mass is 16.6. The molecule has 1 aromatic carbocycles. The number of hydrogen-bond acceptors (Lipinski definition) is 5. The van der Waals surface area contributed by atoms with Crippen molar-refractivity contribution < 1.29 is 24.8 Å². The van der Waals surface area contributed by atoms with Gasteiger partial charge in [-0.2, -0.15) is 0 Å². The SMILES string of the molecule is OC[C@H]1OC(O)C[C@H](OCc2ccccc2)[C@H]1O. The second-order valence-electron chi connectivity index (χ2n) is 4.37. The third-order valence-electron chi connectivity index (χ3n) is 3.01. The number of aliphatic hydroxyl groups excluding tert-OH is 3. The van der Waals surface area contributed by atoms with Crippen LogP contribution in [0.4, 0.5) is 0 Å². The fraction of sp³-hybridized carbons (Fsp3) is 0.538. The zero-order valence-corrected chi connectivity index (χ0v) is 9.98. The summed E-state index contributed by atoms with van der Waals surface area (Å²) in [4.78, 5) is 0. The van der Waals surface area contributed by atoms with E-state index < -0.39 is 24.6 Å². The molecule has 0 spiro atoms. The molecule has 1 aliphatic heterocycles. The van der Waals surface area contributed by atoms with Gasteiger partial charge in [-0.15, -0.1) is 0 Å². The first-order valence-corrected chi connectivity index (χ1v) is 5.98. The Balaban J connectivity index is 1.91. The first-order valence-electron chi connectivity index (χ1n) is 5.98. The highest BCUT2D eigenvalue weighted by Crippen LogP contribution is 2.22. The lowest BCUT2D eigenvalue weighted by atomic mass is 10.0. The molecular weight excluding hydrogens is 236 g/mol. The minimum absolute atomic E-state index is 0.199. The van der Waals surface area contributed by atoms with E-state index in [1.54, 1.807) is 0 Å². The van der Waals surface area contributed by atoms with Crippen molar-refractivity contribution >= 4 is 0 Å². The summed E-state index contributed by atoms with van der Waals surface area (Å²) in [5.74, 6) is 0. The molecule has 1 saturated heterocycles. The standard InChI is InChI=1S/C13H18O5/c14-7-11-13(16)10(6-12(15)18-11)17-8-9-4-2-1-3-5-9/h1-5,10-16H,6-8H2/t10-,11+,12?,13+/m0/s1. The molecule has 1 fully saturated rings. The Morgan fingerprint density at radius 3 is 2.61 bits per heavy atom. The predicted octanol–water partition coefficient (Wildman–Crippen LogP) is 0.0323. The van der Waals surface area contributed by atoms with Gasteiger partial charge >= 0.3 is 0 Å². The lowest BCUT2D eigenvalue weighted by molar-refractivity contribution is -0.249. The molecule has 18 heavy (non-hydrogen) atoms. The van der Waals surface area contributed by atoms with Crippen molar-refractivity contribution in [2.24, 2.45) is 0 Å². The molecule has 0 aliphatic carbocycles. The average molecular weight is 254 g/mol. The van der Waals surface area contributed by atoms with Crippen LogP contribution in [-0.2, 0) is 16.1 Å². The van der Waals surface area contributed by atoms with Crippen LogP contribution in [0.15, 0.2) is 30.3 Å². The first kappa shape index (κ1) is 13.5. The summed E-state index contributed by atoms with van der Waals surface area (Å²) in [5, 5.41) is 28.4. The van der Waals surface area contributed by atoms with E-state index in [2.05, 4.69) is 0 Å². The van der Waals surface area contributed by atoms with Crippen molar-refractivity contribution in [2.75, 3.05) is 6.61 Å². The largest absolute Gasteiger partial charge is 0.394 e. The van der Waals surface area contributed by atoms with Gasteiger partial charge in [0.15, 0.2) is 6.29 Å². The molecule has 4 atom stereocenters. The maximum Gasteiger partial charge on any atom is 0.157 e. The summed E-state index contributed by atoms with van der Waals surface area (Å²) in [6.45, 7) is 0.0108. The highest BCUT2D eigenvalue weighted by molar-refractivity contribution is 5.13. The van der Waals surface area contributed by atoms with Crippen LogP contribution in [-0.4, -0.2) is 46.5 Å². The molecule has 0 aromatic heterocycles. The number of aliphatic hydroxyl groups is 3. The van der Waals surface area contributed by atoms with E-state index in [4.69, 9.17) is 14.6 Å². The van der Waals surface area contributed by atoms with Gasteiger partial charge in [-0.3, -0.25) is 0 Å². The van der Waals surface area contributed by atoms with Crippen molar-refractivity contribution in [3.05, 3.63) is 35.9 Å². The zero-order chi connectivity index (χ0) is 13.0. The van der Waals surface area contributed by atoms with Gasteiger partial charge in [0, 0.05) is 6.42 Å². The number of rotatable bonds is 4. The summed E-state index contributed by atoms with van der Waals surface area (Å²) in [6, 6.07) is 9.57. The second kappa shape index (κ2) is 6.26. The number of benzene rings is 1.